The lowest BCUT2D eigenvalue weighted by Crippen LogP contribution is -2.32. The average molecular weight is 260 g/mol. The van der Waals surface area contributed by atoms with Crippen molar-refractivity contribution in [3.05, 3.63) is 47.0 Å². The van der Waals surface area contributed by atoms with Crippen LogP contribution in [0.5, 0.6) is 0 Å². The van der Waals surface area contributed by atoms with Crippen molar-refractivity contribution in [2.24, 2.45) is 0 Å². The van der Waals surface area contributed by atoms with Crippen molar-refractivity contribution in [1.82, 2.24) is 0 Å². The van der Waals surface area contributed by atoms with Gasteiger partial charge in [0.1, 0.15) is 6.10 Å². The van der Waals surface area contributed by atoms with Gasteiger partial charge in [0.05, 0.1) is 12.2 Å². The highest BCUT2D eigenvalue weighted by Gasteiger charge is 2.41. The van der Waals surface area contributed by atoms with E-state index in [1.165, 1.54) is 0 Å². The number of ether oxygens (including phenoxy) is 1. The Bertz CT molecular complexity index is 575. The lowest BCUT2D eigenvalue weighted by molar-refractivity contribution is -0.331. The molecule has 1 aliphatic carbocycles. The molecule has 98 valence electrons. The second-order valence-electron chi connectivity index (χ2n) is 4.29. The van der Waals surface area contributed by atoms with Crippen LogP contribution in [0.15, 0.2) is 35.9 Å². The van der Waals surface area contributed by atoms with Gasteiger partial charge < -0.3 is 4.74 Å². The predicted molar refractivity (Wildman–Crippen MR) is 64.2 cm³/mol. The molecule has 2 heterocycles. The van der Waals surface area contributed by atoms with Crippen LogP contribution in [-0.4, -0.2) is 24.5 Å². The van der Waals surface area contributed by atoms with Gasteiger partial charge in [-0.05, 0) is 18.6 Å². The number of carbonyl (C=O) groups excluding carboxylic acids is 2. The second kappa shape index (κ2) is 4.60. The van der Waals surface area contributed by atoms with E-state index in [1.807, 2.05) is 6.07 Å². The number of fused-ring (bicyclic) bond motifs is 1. The summed E-state index contributed by atoms with van der Waals surface area (Å²) in [5.41, 5.74) is 1.43. The Morgan fingerprint density at radius 2 is 2.11 bits per heavy atom. The van der Waals surface area contributed by atoms with E-state index in [0.717, 1.165) is 0 Å². The van der Waals surface area contributed by atoms with E-state index in [0.29, 0.717) is 11.1 Å². The van der Waals surface area contributed by atoms with Gasteiger partial charge in [-0.1, -0.05) is 24.3 Å². The summed E-state index contributed by atoms with van der Waals surface area (Å²) in [6.45, 7) is 1.96. The first-order valence-corrected chi connectivity index (χ1v) is 6.06. The molecule has 2 atom stereocenters. The summed E-state index contributed by atoms with van der Waals surface area (Å²) < 4.78 is 4.94. The number of ketones is 1. The van der Waals surface area contributed by atoms with Crippen molar-refractivity contribution in [1.29, 1.82) is 0 Å². The van der Waals surface area contributed by atoms with Crippen molar-refractivity contribution in [3.8, 4) is 0 Å². The lowest BCUT2D eigenvalue weighted by Gasteiger charge is -2.21. The van der Waals surface area contributed by atoms with Gasteiger partial charge in [0.15, 0.2) is 11.9 Å². The normalized spacial score (nSPS) is 24.5. The van der Waals surface area contributed by atoms with Gasteiger partial charge in [-0.25, -0.2) is 14.6 Å². The number of Topliss-reactive ketones (excluding diaryl/α,β-unsaturated/α-hetero) is 1. The highest BCUT2D eigenvalue weighted by Crippen LogP contribution is 2.36. The van der Waals surface area contributed by atoms with Gasteiger partial charge >= 0.3 is 5.97 Å². The predicted octanol–water partition coefficient (Wildman–Crippen LogP) is 1.74. The molecule has 0 radical (unpaired) electrons. The molecule has 0 spiro atoms. The average Bonchev–Trinajstić information content (AvgIpc) is 2.65. The van der Waals surface area contributed by atoms with E-state index < -0.39 is 18.2 Å². The van der Waals surface area contributed by atoms with Gasteiger partial charge in [0.2, 0.25) is 0 Å². The Kier molecular flexibility index (Phi) is 2.93. The largest absolute Gasteiger partial charge is 0.463 e. The fraction of sp³-hybridized carbons (Fsp3) is 0.286. The van der Waals surface area contributed by atoms with Crippen LogP contribution in [0.4, 0.5) is 0 Å². The van der Waals surface area contributed by atoms with Crippen molar-refractivity contribution >= 4 is 11.8 Å². The Balaban J connectivity index is 2.07. The summed E-state index contributed by atoms with van der Waals surface area (Å²) in [4.78, 5) is 34.4. The lowest BCUT2D eigenvalue weighted by atomic mass is 9.99. The van der Waals surface area contributed by atoms with Crippen LogP contribution < -0.4 is 0 Å². The molecule has 0 aromatic heterocycles. The molecule has 5 heteroatoms. The second-order valence-corrected chi connectivity index (χ2v) is 4.29. The van der Waals surface area contributed by atoms with E-state index in [-0.39, 0.29) is 18.0 Å². The molecule has 2 aliphatic heterocycles. The van der Waals surface area contributed by atoms with Crippen LogP contribution in [-0.2, 0) is 19.3 Å². The first-order valence-electron chi connectivity index (χ1n) is 6.06. The van der Waals surface area contributed by atoms with Crippen LogP contribution >= 0.6 is 0 Å². The van der Waals surface area contributed by atoms with E-state index in [1.54, 1.807) is 31.2 Å². The molecule has 2 unspecified atom stereocenters. The fourth-order valence-corrected chi connectivity index (χ4v) is 2.27. The summed E-state index contributed by atoms with van der Waals surface area (Å²) in [5.74, 6) is -0.822. The Morgan fingerprint density at radius 3 is 2.89 bits per heavy atom. The summed E-state index contributed by atoms with van der Waals surface area (Å²) in [5, 5.41) is 0. The number of benzene rings is 1. The number of rotatable bonds is 2. The number of carbonyl (C=O) groups is 2. The van der Waals surface area contributed by atoms with Crippen LogP contribution in [0, 0.1) is 0 Å². The molecule has 1 aromatic carbocycles. The Hall–Kier alpha value is -1.98. The zero-order chi connectivity index (χ0) is 13.4. The zero-order valence-corrected chi connectivity index (χ0v) is 10.3. The van der Waals surface area contributed by atoms with Gasteiger partial charge in [0, 0.05) is 5.56 Å². The monoisotopic (exact) mass is 260 g/mol. The Labute approximate surface area is 109 Å². The maximum Gasteiger partial charge on any atom is 0.337 e. The number of hydrogen-bond acceptors (Lipinski definition) is 5. The standard InChI is InChI=1S/C14H12O5/c1-2-17-14(16)10-7-11-8-5-3-4-6-9(8)12(15)13(10)19-18-11/h3-7,11,13H,2H2,1H3. The van der Waals surface area contributed by atoms with Crippen molar-refractivity contribution in [2.75, 3.05) is 6.61 Å². The third-order valence-electron chi connectivity index (χ3n) is 3.15. The number of esters is 1. The van der Waals surface area contributed by atoms with Gasteiger partial charge in [-0.2, -0.15) is 0 Å². The smallest absolute Gasteiger partial charge is 0.337 e. The maximum absolute atomic E-state index is 12.4. The molecule has 19 heavy (non-hydrogen) atoms. The molecule has 0 amide bonds. The quantitative estimate of drug-likeness (QED) is 0.598. The first kappa shape index (κ1) is 12.1. The molecule has 0 saturated heterocycles. The minimum atomic E-state index is -1.04. The van der Waals surface area contributed by atoms with Gasteiger partial charge in [-0.15, -0.1) is 0 Å². The molecule has 2 bridgehead atoms. The molecular formula is C14H12O5. The SMILES string of the molecule is CCOC(=O)C1=CC2OOC1C(=O)c1ccccc12. The van der Waals surface area contributed by atoms with Crippen LogP contribution in [0.2, 0.25) is 0 Å². The van der Waals surface area contributed by atoms with Crippen LogP contribution in [0.25, 0.3) is 0 Å². The van der Waals surface area contributed by atoms with Gasteiger partial charge in [0.25, 0.3) is 0 Å². The minimum absolute atomic E-state index is 0.208. The Morgan fingerprint density at radius 1 is 1.32 bits per heavy atom. The van der Waals surface area contributed by atoms with E-state index in [4.69, 9.17) is 14.5 Å². The fourth-order valence-electron chi connectivity index (χ4n) is 2.27. The summed E-state index contributed by atoms with van der Waals surface area (Å²) in [7, 11) is 0. The number of hydrogen-bond donors (Lipinski definition) is 0. The summed E-state index contributed by atoms with van der Waals surface area (Å²) in [6.07, 6.45) is -0.00661. The van der Waals surface area contributed by atoms with Crippen molar-refractivity contribution in [2.45, 2.75) is 19.1 Å². The van der Waals surface area contributed by atoms with Crippen LogP contribution in [0.1, 0.15) is 28.9 Å². The zero-order valence-electron chi connectivity index (χ0n) is 10.3. The molecule has 1 aromatic rings. The molecular weight excluding hydrogens is 248 g/mol. The van der Waals surface area contributed by atoms with E-state index >= 15 is 0 Å². The molecule has 0 saturated carbocycles. The maximum atomic E-state index is 12.4. The van der Waals surface area contributed by atoms with E-state index in [2.05, 4.69) is 0 Å². The molecule has 0 fully saturated rings. The van der Waals surface area contributed by atoms with Crippen molar-refractivity contribution in [3.63, 3.8) is 0 Å². The highest BCUT2D eigenvalue weighted by atomic mass is 17.2. The van der Waals surface area contributed by atoms with E-state index in [9.17, 15) is 9.59 Å². The summed E-state index contributed by atoms with van der Waals surface area (Å²) in [6, 6.07) is 7.07. The minimum Gasteiger partial charge on any atom is -0.463 e. The first-order chi connectivity index (χ1) is 9.22. The molecule has 0 N–H and O–H groups in total. The molecule has 5 nitrogen and oxygen atoms in total. The highest BCUT2D eigenvalue weighted by molar-refractivity contribution is 6.09. The molecule has 3 aliphatic rings. The third-order valence-corrected chi connectivity index (χ3v) is 3.15. The topological polar surface area (TPSA) is 61.8 Å². The third kappa shape index (κ3) is 1.87. The van der Waals surface area contributed by atoms with Crippen LogP contribution in [0.3, 0.4) is 0 Å². The van der Waals surface area contributed by atoms with Gasteiger partial charge in [-0.3, -0.25) is 4.79 Å². The van der Waals surface area contributed by atoms with Crippen molar-refractivity contribution < 1.29 is 24.1 Å². The molecule has 4 rings (SSSR count). The summed E-state index contributed by atoms with van der Waals surface area (Å²) >= 11 is 0.